The molecule has 0 bridgehead atoms. The number of amides is 2. The predicted octanol–water partition coefficient (Wildman–Crippen LogP) is 4.01. The maximum absolute atomic E-state index is 13.8. The fraction of sp³-hybridized carbons (Fsp3) is 0.400. The first-order valence-corrected chi connectivity index (χ1v) is 11.2. The molecule has 2 amide bonds. The van der Waals surface area contributed by atoms with Crippen molar-refractivity contribution in [2.75, 3.05) is 13.2 Å². The summed E-state index contributed by atoms with van der Waals surface area (Å²) < 4.78 is 33.1. The highest BCUT2D eigenvalue weighted by atomic mass is 19.3. The van der Waals surface area contributed by atoms with E-state index in [1.807, 2.05) is 48.5 Å². The molecule has 1 aliphatic heterocycles. The van der Waals surface area contributed by atoms with Crippen LogP contribution in [-0.2, 0) is 14.3 Å². The highest BCUT2D eigenvalue weighted by Crippen LogP contribution is 2.44. The number of rotatable bonds is 7. The number of hydrogen-bond acceptors (Lipinski definition) is 4. The van der Waals surface area contributed by atoms with Crippen LogP contribution in [-0.4, -0.2) is 59.1 Å². The van der Waals surface area contributed by atoms with E-state index in [2.05, 4.69) is 5.32 Å². The van der Waals surface area contributed by atoms with Gasteiger partial charge < -0.3 is 20.1 Å². The zero-order valence-corrected chi connectivity index (χ0v) is 18.7. The van der Waals surface area contributed by atoms with Crippen molar-refractivity contribution in [1.82, 2.24) is 10.2 Å². The van der Waals surface area contributed by atoms with Gasteiger partial charge in [-0.3, -0.25) is 4.79 Å². The summed E-state index contributed by atoms with van der Waals surface area (Å²) in [6.07, 6.45) is -1.16. The van der Waals surface area contributed by atoms with E-state index in [4.69, 9.17) is 4.74 Å². The summed E-state index contributed by atoms with van der Waals surface area (Å²) in [6, 6.07) is 12.9. The summed E-state index contributed by atoms with van der Waals surface area (Å²) >= 11 is 0. The Kier molecular flexibility index (Phi) is 6.54. The Hall–Kier alpha value is -3.49. The molecule has 2 N–H and O–H groups in total. The topological polar surface area (TPSA) is 95.9 Å². The van der Waals surface area contributed by atoms with Gasteiger partial charge in [0.1, 0.15) is 18.7 Å². The molecule has 7 nitrogen and oxygen atoms in total. The lowest BCUT2D eigenvalue weighted by molar-refractivity contribution is -0.149. The molecular formula is C25H26F2N2O5. The van der Waals surface area contributed by atoms with Crippen LogP contribution in [0, 0.1) is 0 Å². The Balaban J connectivity index is 1.44. The van der Waals surface area contributed by atoms with E-state index in [-0.39, 0.29) is 18.9 Å². The quantitative estimate of drug-likeness (QED) is 0.635. The average molecular weight is 472 g/mol. The number of alkyl halides is 2. The molecule has 1 aliphatic carbocycles. The van der Waals surface area contributed by atoms with E-state index in [1.165, 1.54) is 0 Å². The number of nitrogens with one attached hydrogen (secondary N) is 1. The molecule has 180 valence electrons. The van der Waals surface area contributed by atoms with Gasteiger partial charge in [-0.1, -0.05) is 61.9 Å². The third-order valence-corrected chi connectivity index (χ3v) is 6.35. The van der Waals surface area contributed by atoms with Gasteiger partial charge in [0, 0.05) is 12.3 Å². The highest BCUT2D eigenvalue weighted by molar-refractivity contribution is 5.90. The molecule has 9 heteroatoms. The number of benzene rings is 2. The largest absolute Gasteiger partial charge is 0.480 e. The van der Waals surface area contributed by atoms with E-state index in [9.17, 15) is 28.3 Å². The highest BCUT2D eigenvalue weighted by Gasteiger charge is 2.51. The van der Waals surface area contributed by atoms with Gasteiger partial charge in [0.25, 0.3) is 5.92 Å². The van der Waals surface area contributed by atoms with Crippen LogP contribution >= 0.6 is 0 Å². The molecule has 4 rings (SSSR count). The molecule has 2 atom stereocenters. The van der Waals surface area contributed by atoms with Crippen molar-refractivity contribution < 1.29 is 33.0 Å². The molecule has 2 aliphatic rings. The fourth-order valence-electron chi connectivity index (χ4n) is 4.80. The number of hydrogen-bond donors (Lipinski definition) is 2. The first-order valence-electron chi connectivity index (χ1n) is 11.2. The lowest BCUT2D eigenvalue weighted by Gasteiger charge is -2.26. The fourth-order valence-corrected chi connectivity index (χ4v) is 4.80. The number of carboxylic acid groups (broad SMARTS) is 1. The van der Waals surface area contributed by atoms with Crippen molar-refractivity contribution in [3.8, 4) is 11.1 Å². The second-order valence-corrected chi connectivity index (χ2v) is 8.69. The van der Waals surface area contributed by atoms with Crippen molar-refractivity contribution in [2.45, 2.75) is 50.1 Å². The molecule has 0 spiro atoms. The van der Waals surface area contributed by atoms with Gasteiger partial charge in [-0.05, 0) is 28.7 Å². The van der Waals surface area contributed by atoms with E-state index < -0.39 is 48.9 Å². The van der Waals surface area contributed by atoms with Gasteiger partial charge in [0.15, 0.2) is 0 Å². The molecule has 0 unspecified atom stereocenters. The number of carbonyl (C=O) groups is 3. The smallest absolute Gasteiger partial charge is 0.407 e. The zero-order valence-electron chi connectivity index (χ0n) is 18.7. The summed E-state index contributed by atoms with van der Waals surface area (Å²) in [6.45, 7) is 0.814. The number of alkyl carbamates (subject to hydrolysis) is 1. The third-order valence-electron chi connectivity index (χ3n) is 6.35. The predicted molar refractivity (Wildman–Crippen MR) is 120 cm³/mol. The Morgan fingerprint density at radius 1 is 1.12 bits per heavy atom. The number of halogens is 2. The van der Waals surface area contributed by atoms with Gasteiger partial charge in [0.05, 0.1) is 6.54 Å². The van der Waals surface area contributed by atoms with Crippen LogP contribution in [0.3, 0.4) is 0 Å². The van der Waals surface area contributed by atoms with E-state index >= 15 is 0 Å². The maximum atomic E-state index is 13.8. The molecule has 34 heavy (non-hydrogen) atoms. The number of likely N-dealkylation sites (tertiary alicyclic amines) is 1. The summed E-state index contributed by atoms with van der Waals surface area (Å²) in [4.78, 5) is 37.6. The van der Waals surface area contributed by atoms with Crippen LogP contribution in [0.25, 0.3) is 11.1 Å². The van der Waals surface area contributed by atoms with Crippen LogP contribution in [0.1, 0.15) is 43.2 Å². The van der Waals surface area contributed by atoms with Crippen molar-refractivity contribution in [3.63, 3.8) is 0 Å². The number of aliphatic carboxylic acids is 1. The normalized spacial score (nSPS) is 19.3. The Bertz CT molecular complexity index is 1060. The second-order valence-electron chi connectivity index (χ2n) is 8.69. The summed E-state index contributed by atoms with van der Waals surface area (Å²) in [5, 5.41) is 11.7. The number of carbonyl (C=O) groups excluding carboxylic acids is 2. The number of nitrogens with zero attached hydrogens (tertiary/aromatic N) is 1. The third kappa shape index (κ3) is 4.60. The first kappa shape index (κ1) is 23.7. The van der Waals surface area contributed by atoms with Crippen LogP contribution in [0.15, 0.2) is 48.5 Å². The monoisotopic (exact) mass is 472 g/mol. The van der Waals surface area contributed by atoms with Crippen LogP contribution in [0.5, 0.6) is 0 Å². The minimum absolute atomic E-state index is 0.0342. The molecule has 2 aromatic rings. The Morgan fingerprint density at radius 3 is 2.26 bits per heavy atom. The van der Waals surface area contributed by atoms with Crippen molar-refractivity contribution in [1.29, 1.82) is 0 Å². The van der Waals surface area contributed by atoms with Gasteiger partial charge in [-0.2, -0.15) is 0 Å². The minimum Gasteiger partial charge on any atom is -0.480 e. The number of ether oxygens (including phenoxy) is 1. The molecule has 2 aromatic carbocycles. The molecule has 1 saturated heterocycles. The van der Waals surface area contributed by atoms with Crippen LogP contribution in [0.4, 0.5) is 13.6 Å². The molecule has 1 fully saturated rings. The maximum Gasteiger partial charge on any atom is 0.407 e. The van der Waals surface area contributed by atoms with Crippen LogP contribution in [0.2, 0.25) is 0 Å². The first-order chi connectivity index (χ1) is 16.2. The van der Waals surface area contributed by atoms with Gasteiger partial charge in [-0.25, -0.2) is 18.4 Å². The van der Waals surface area contributed by atoms with E-state index in [0.29, 0.717) is 11.3 Å². The van der Waals surface area contributed by atoms with Crippen molar-refractivity contribution >= 4 is 18.0 Å². The van der Waals surface area contributed by atoms with E-state index in [0.717, 1.165) is 22.3 Å². The SMILES string of the molecule is CCC[C@@H](NC(=O)OCC1c2ccccc2-c2ccccc21)C(=O)N1CC(F)(F)C[C@@H]1C(=O)O. The van der Waals surface area contributed by atoms with Gasteiger partial charge in [-0.15, -0.1) is 0 Å². The lowest BCUT2D eigenvalue weighted by Crippen LogP contribution is -2.52. The second kappa shape index (κ2) is 9.40. The zero-order chi connectivity index (χ0) is 24.5. The lowest BCUT2D eigenvalue weighted by atomic mass is 9.98. The Morgan fingerprint density at radius 2 is 1.71 bits per heavy atom. The van der Waals surface area contributed by atoms with Crippen molar-refractivity contribution in [3.05, 3.63) is 59.7 Å². The summed E-state index contributed by atoms with van der Waals surface area (Å²) in [5.74, 6) is -5.81. The van der Waals surface area contributed by atoms with Gasteiger partial charge in [0.2, 0.25) is 5.91 Å². The van der Waals surface area contributed by atoms with E-state index in [1.54, 1.807) is 6.92 Å². The molecule has 0 aromatic heterocycles. The molecule has 1 heterocycles. The summed E-state index contributed by atoms with van der Waals surface area (Å²) in [7, 11) is 0. The summed E-state index contributed by atoms with van der Waals surface area (Å²) in [5.41, 5.74) is 4.20. The van der Waals surface area contributed by atoms with Crippen LogP contribution < -0.4 is 5.32 Å². The molecular weight excluding hydrogens is 446 g/mol. The average Bonchev–Trinajstić information content (AvgIpc) is 3.31. The Labute approximate surface area is 195 Å². The molecule has 0 radical (unpaired) electrons. The minimum atomic E-state index is -3.29. The standard InChI is InChI=1S/C25H26F2N2O5/c1-2-7-20(22(30)29-14-25(26,27)12-21(29)23(31)32)28-24(33)34-13-19-17-10-5-3-8-15(17)16-9-4-6-11-18(16)19/h3-6,8-11,19-21H,2,7,12-14H2,1H3,(H,28,33)(H,31,32)/t20-,21-/m1/s1. The van der Waals surface area contributed by atoms with Crippen molar-refractivity contribution in [2.24, 2.45) is 0 Å². The number of fused-ring (bicyclic) bond motifs is 3. The van der Waals surface area contributed by atoms with Gasteiger partial charge >= 0.3 is 12.1 Å². The number of carboxylic acids is 1. The molecule has 0 saturated carbocycles.